The number of nitrogens with zero attached hydrogens (tertiary/aromatic N) is 1. The molecule has 0 fully saturated rings. The summed E-state index contributed by atoms with van der Waals surface area (Å²) in [5, 5.41) is 11.8. The van der Waals surface area contributed by atoms with Crippen molar-refractivity contribution in [2.24, 2.45) is 0 Å². The zero-order chi connectivity index (χ0) is 63.3. The normalized spacial score (nSPS) is 13.3. The second-order valence-electron chi connectivity index (χ2n) is 25.5. The molecule has 0 aromatic heterocycles. The molecule has 9 nitrogen and oxygen atoms in total. The van der Waals surface area contributed by atoms with Crippen molar-refractivity contribution in [3.05, 3.63) is 97.2 Å². The lowest BCUT2D eigenvalue weighted by Gasteiger charge is -2.26. The summed E-state index contributed by atoms with van der Waals surface area (Å²) >= 11 is 0. The molecule has 9 heteroatoms. The molecule has 0 radical (unpaired) electrons. The highest BCUT2D eigenvalue weighted by Gasteiger charge is 2.22. The predicted octanol–water partition coefficient (Wildman–Crippen LogP) is 21.5. The van der Waals surface area contributed by atoms with Crippen LogP contribution < -0.4 is 5.11 Å². The van der Waals surface area contributed by atoms with E-state index in [9.17, 15) is 19.5 Å². The maximum Gasteiger partial charge on any atom is 0.306 e. The number of carbonyl (C=O) groups excluding carboxylic acids is 3. The van der Waals surface area contributed by atoms with Gasteiger partial charge in [-0.2, -0.15) is 0 Å². The molecule has 0 bridgehead atoms. The van der Waals surface area contributed by atoms with Crippen molar-refractivity contribution in [1.82, 2.24) is 0 Å². The Hall–Kier alpha value is -3.79. The Morgan fingerprint density at radius 1 is 0.356 bits per heavy atom. The van der Waals surface area contributed by atoms with Gasteiger partial charge in [0.15, 0.2) is 12.4 Å². The number of carboxylic acids is 1. The summed E-state index contributed by atoms with van der Waals surface area (Å²) in [7, 11) is 5.94. The van der Waals surface area contributed by atoms with Crippen LogP contribution >= 0.6 is 0 Å². The number of ether oxygens (including phenoxy) is 4. The fourth-order valence-corrected chi connectivity index (χ4v) is 10.3. The molecule has 502 valence electrons. The number of aliphatic carboxylic acids is 1. The maximum absolute atomic E-state index is 12.9. The number of allylic oxidation sites excluding steroid dienone is 16. The maximum atomic E-state index is 12.9. The third-order valence-electron chi connectivity index (χ3n) is 15.8. The van der Waals surface area contributed by atoms with Crippen LogP contribution in [0.25, 0.3) is 0 Å². The van der Waals surface area contributed by atoms with Gasteiger partial charge in [0.05, 0.1) is 40.3 Å². The lowest BCUT2D eigenvalue weighted by molar-refractivity contribution is -0.870. The molecule has 0 N–H and O–H groups in total. The van der Waals surface area contributed by atoms with Crippen LogP contribution in [0.3, 0.4) is 0 Å². The number of carboxylic acid groups (broad SMARTS) is 1. The Morgan fingerprint density at radius 3 is 0.977 bits per heavy atom. The van der Waals surface area contributed by atoms with Gasteiger partial charge >= 0.3 is 11.9 Å². The second-order valence-corrected chi connectivity index (χ2v) is 25.5. The van der Waals surface area contributed by atoms with Crippen LogP contribution in [-0.4, -0.2) is 82.3 Å². The van der Waals surface area contributed by atoms with Gasteiger partial charge in [0.1, 0.15) is 13.2 Å². The van der Waals surface area contributed by atoms with Gasteiger partial charge < -0.3 is 33.3 Å². The van der Waals surface area contributed by atoms with Crippen LogP contribution in [0.15, 0.2) is 97.2 Å². The van der Waals surface area contributed by atoms with E-state index in [1.165, 1.54) is 199 Å². The van der Waals surface area contributed by atoms with Crippen molar-refractivity contribution in [3.63, 3.8) is 0 Å². The molecule has 0 amide bonds. The lowest BCUT2D eigenvalue weighted by Crippen LogP contribution is -2.44. The van der Waals surface area contributed by atoms with E-state index in [4.69, 9.17) is 18.9 Å². The average molecular weight is 1220 g/mol. The first-order valence-electron chi connectivity index (χ1n) is 36.4. The standard InChI is InChI=1S/C78H137NO8/c1-6-8-10-12-14-16-18-20-22-24-26-28-29-30-31-32-33-34-35-36-37-38-39-40-41-42-43-44-45-46-47-49-51-53-55-57-59-61-63-65-67-69-76(81)87-74(73-86-78(77(82)83)84-71-70-79(3,4)5)72-85-75(80)68-66-64-62-60-58-56-54-52-50-48-27-25-23-21-19-17-15-13-11-9-7-2/h8,10,14,16,20,22,26,28,30-31,33-34,36-37,39-40,74,78H,6-7,9,11-13,15,17-19,21,23-25,27,29,32,35,38,41-73H2,1-5H3/b10-8-,16-14-,22-20-,28-26-,31-30-,34-33-,37-36-,40-39-. The van der Waals surface area contributed by atoms with E-state index in [0.29, 0.717) is 23.9 Å². The third kappa shape index (κ3) is 69.5. The van der Waals surface area contributed by atoms with Crippen molar-refractivity contribution >= 4 is 17.9 Å². The van der Waals surface area contributed by atoms with Crippen LogP contribution in [0.4, 0.5) is 0 Å². The number of quaternary nitrogens is 1. The fraction of sp³-hybridized carbons (Fsp3) is 0.756. The molecule has 0 heterocycles. The molecule has 0 aliphatic carbocycles. The lowest BCUT2D eigenvalue weighted by atomic mass is 10.0. The monoisotopic (exact) mass is 1220 g/mol. The minimum absolute atomic E-state index is 0.148. The number of rotatable bonds is 67. The quantitative estimate of drug-likeness (QED) is 0.0195. The average Bonchev–Trinajstić information content (AvgIpc) is 3.59. The highest BCUT2D eigenvalue weighted by Crippen LogP contribution is 2.18. The number of hydrogen-bond donors (Lipinski definition) is 0. The number of carbonyl (C=O) groups is 3. The summed E-state index contributed by atoms with van der Waals surface area (Å²) in [6, 6.07) is 0. The summed E-state index contributed by atoms with van der Waals surface area (Å²) in [5.74, 6) is -2.26. The molecular formula is C78H137NO8. The van der Waals surface area contributed by atoms with E-state index in [1.54, 1.807) is 0 Å². The van der Waals surface area contributed by atoms with Gasteiger partial charge in [-0.3, -0.25) is 9.59 Å². The summed E-state index contributed by atoms with van der Waals surface area (Å²) < 4.78 is 22.8. The van der Waals surface area contributed by atoms with Gasteiger partial charge in [-0.05, 0) is 77.0 Å². The van der Waals surface area contributed by atoms with Crippen molar-refractivity contribution in [2.45, 2.75) is 334 Å². The third-order valence-corrected chi connectivity index (χ3v) is 15.8. The molecule has 0 spiro atoms. The van der Waals surface area contributed by atoms with Crippen molar-refractivity contribution in [1.29, 1.82) is 0 Å². The molecule has 87 heavy (non-hydrogen) atoms. The number of esters is 2. The Kier molecular flexibility index (Phi) is 65.2. The van der Waals surface area contributed by atoms with E-state index in [-0.39, 0.29) is 32.2 Å². The van der Waals surface area contributed by atoms with Crippen molar-refractivity contribution in [2.75, 3.05) is 47.5 Å². The van der Waals surface area contributed by atoms with Crippen molar-refractivity contribution < 1.29 is 42.9 Å². The van der Waals surface area contributed by atoms with Gasteiger partial charge in [0, 0.05) is 12.8 Å². The van der Waals surface area contributed by atoms with Gasteiger partial charge in [-0.25, -0.2) is 0 Å². The topological polar surface area (TPSA) is 111 Å². The van der Waals surface area contributed by atoms with Gasteiger partial charge in [0.25, 0.3) is 0 Å². The first kappa shape index (κ1) is 83.2. The Morgan fingerprint density at radius 2 is 0.655 bits per heavy atom. The molecule has 0 saturated carbocycles. The number of hydrogen-bond acceptors (Lipinski definition) is 8. The molecule has 2 unspecified atom stereocenters. The second kappa shape index (κ2) is 68.1. The van der Waals surface area contributed by atoms with E-state index in [1.807, 2.05) is 21.1 Å². The Balaban J connectivity index is 4.04. The van der Waals surface area contributed by atoms with E-state index < -0.39 is 24.3 Å². The van der Waals surface area contributed by atoms with Crippen LogP contribution in [0.2, 0.25) is 0 Å². The van der Waals surface area contributed by atoms with Crippen LogP contribution in [0.1, 0.15) is 322 Å². The van der Waals surface area contributed by atoms with Crippen LogP contribution in [0, 0.1) is 0 Å². The van der Waals surface area contributed by atoms with E-state index in [0.717, 1.165) is 89.9 Å². The van der Waals surface area contributed by atoms with Gasteiger partial charge in [-0.15, -0.1) is 0 Å². The highest BCUT2D eigenvalue weighted by atomic mass is 16.7. The minimum Gasteiger partial charge on any atom is -0.545 e. The Bertz CT molecular complexity index is 1750. The molecular weight excluding hydrogens is 1080 g/mol. The molecule has 0 aliphatic rings. The van der Waals surface area contributed by atoms with E-state index >= 15 is 0 Å². The molecule has 2 atom stereocenters. The Labute approximate surface area is 537 Å². The smallest absolute Gasteiger partial charge is 0.306 e. The molecule has 0 saturated heterocycles. The van der Waals surface area contributed by atoms with Gasteiger partial charge in [-0.1, -0.05) is 329 Å². The van der Waals surface area contributed by atoms with E-state index in [2.05, 4.69) is 111 Å². The summed E-state index contributed by atoms with van der Waals surface area (Å²) in [5.41, 5.74) is 0. The summed E-state index contributed by atoms with van der Waals surface area (Å²) in [6.45, 7) is 4.68. The molecule has 0 aromatic rings. The highest BCUT2D eigenvalue weighted by molar-refractivity contribution is 5.70. The summed E-state index contributed by atoms with van der Waals surface area (Å²) in [4.78, 5) is 37.5. The minimum atomic E-state index is -1.62. The summed E-state index contributed by atoms with van der Waals surface area (Å²) in [6.07, 6.45) is 90.7. The molecule has 0 aliphatic heterocycles. The van der Waals surface area contributed by atoms with Crippen LogP contribution in [-0.2, 0) is 33.3 Å². The first-order valence-corrected chi connectivity index (χ1v) is 36.4. The first-order chi connectivity index (χ1) is 42.6. The molecule has 0 aromatic carbocycles. The zero-order valence-corrected chi connectivity index (χ0v) is 57.4. The SMILES string of the molecule is CC/C=C\C/C=C\C/C=C\C/C=C\C/C=C\C/C=C\C/C=C\C/C=C\CCCCCCCCCCCCCCCCCCC(=O)OC(COC(=O)CCCCCCCCCCCCCCCCCCCCCCC)COC(OCC[N+](C)(C)C)C(=O)[O-]. The molecule has 0 rings (SSSR count). The number of likely N-dealkylation sites (N-methyl/N-ethyl adjacent to an activating group) is 1. The van der Waals surface area contributed by atoms with Crippen molar-refractivity contribution in [3.8, 4) is 0 Å². The van der Waals surface area contributed by atoms with Gasteiger partial charge in [0.2, 0.25) is 0 Å². The zero-order valence-electron chi connectivity index (χ0n) is 57.4. The van der Waals surface area contributed by atoms with Crippen LogP contribution in [0.5, 0.6) is 0 Å². The number of unbranched alkanes of at least 4 members (excludes halogenated alkanes) is 36. The largest absolute Gasteiger partial charge is 0.545 e. The predicted molar refractivity (Wildman–Crippen MR) is 371 cm³/mol. The fourth-order valence-electron chi connectivity index (χ4n) is 10.3.